The third-order valence-electron chi connectivity index (χ3n) is 13.2. The van der Waals surface area contributed by atoms with Crippen LogP contribution < -0.4 is 5.32 Å². The van der Waals surface area contributed by atoms with Gasteiger partial charge >= 0.3 is 5.97 Å². The smallest absolute Gasteiger partial charge is 0.306 e. The molecular formula is C59H111NO5. The van der Waals surface area contributed by atoms with Crippen molar-refractivity contribution in [2.75, 3.05) is 6.61 Å². The quantitative estimate of drug-likeness (QED) is 0.0321. The van der Waals surface area contributed by atoms with E-state index in [2.05, 4.69) is 62.5 Å². The fraction of sp³-hybridized carbons (Fsp3) is 0.864. The van der Waals surface area contributed by atoms with Crippen molar-refractivity contribution in [3.63, 3.8) is 0 Å². The molecule has 0 heterocycles. The second-order valence-corrected chi connectivity index (χ2v) is 19.7. The van der Waals surface area contributed by atoms with Crippen molar-refractivity contribution in [1.29, 1.82) is 0 Å². The van der Waals surface area contributed by atoms with Crippen LogP contribution >= 0.6 is 0 Å². The molecule has 6 heteroatoms. The summed E-state index contributed by atoms with van der Waals surface area (Å²) in [6.07, 6.45) is 63.5. The number of carbonyl (C=O) groups excluding carboxylic acids is 2. The average Bonchev–Trinajstić information content (AvgIpc) is 3.30. The molecule has 0 radical (unpaired) electrons. The molecule has 0 aromatic heterocycles. The number of hydrogen-bond donors (Lipinski definition) is 3. The highest BCUT2D eigenvalue weighted by Crippen LogP contribution is 2.18. The zero-order valence-electron chi connectivity index (χ0n) is 43.6. The predicted molar refractivity (Wildman–Crippen MR) is 282 cm³/mol. The summed E-state index contributed by atoms with van der Waals surface area (Å²) >= 11 is 0. The number of aliphatic hydroxyl groups excluding tert-OH is 2. The third-order valence-corrected chi connectivity index (χ3v) is 13.2. The van der Waals surface area contributed by atoms with Crippen LogP contribution in [0.15, 0.2) is 36.5 Å². The third kappa shape index (κ3) is 48.3. The second kappa shape index (κ2) is 53.0. The first kappa shape index (κ1) is 63.1. The van der Waals surface area contributed by atoms with Gasteiger partial charge < -0.3 is 20.3 Å². The Morgan fingerprint density at radius 2 is 0.785 bits per heavy atom. The van der Waals surface area contributed by atoms with Gasteiger partial charge in [-0.2, -0.15) is 0 Å². The summed E-state index contributed by atoms with van der Waals surface area (Å²) in [5.74, 6) is -0.473. The molecule has 0 aromatic rings. The molecule has 0 bridgehead atoms. The molecule has 0 aliphatic rings. The summed E-state index contributed by atoms with van der Waals surface area (Å²) in [5.41, 5.74) is 0. The Hall–Kier alpha value is -1.92. The van der Waals surface area contributed by atoms with Gasteiger partial charge in [0, 0.05) is 6.42 Å². The predicted octanol–water partition coefficient (Wildman–Crippen LogP) is 17.6. The van der Waals surface area contributed by atoms with Crippen LogP contribution in [0.3, 0.4) is 0 Å². The Morgan fingerprint density at radius 3 is 1.22 bits per heavy atom. The van der Waals surface area contributed by atoms with Crippen molar-refractivity contribution in [1.82, 2.24) is 5.32 Å². The van der Waals surface area contributed by atoms with Crippen LogP contribution in [0.4, 0.5) is 0 Å². The lowest BCUT2D eigenvalue weighted by Gasteiger charge is -2.24. The van der Waals surface area contributed by atoms with E-state index < -0.39 is 18.2 Å². The van der Waals surface area contributed by atoms with E-state index in [1.807, 2.05) is 0 Å². The van der Waals surface area contributed by atoms with Gasteiger partial charge in [-0.05, 0) is 83.5 Å². The van der Waals surface area contributed by atoms with E-state index in [0.29, 0.717) is 19.3 Å². The highest BCUT2D eigenvalue weighted by molar-refractivity contribution is 5.77. The molecule has 3 unspecified atom stereocenters. The molecule has 0 spiro atoms. The van der Waals surface area contributed by atoms with Gasteiger partial charge in [0.15, 0.2) is 0 Å². The monoisotopic (exact) mass is 914 g/mol. The van der Waals surface area contributed by atoms with Crippen molar-refractivity contribution in [3.05, 3.63) is 36.5 Å². The normalized spacial score (nSPS) is 13.4. The number of nitrogens with one attached hydrogen (secondary N) is 1. The summed E-state index contributed by atoms with van der Waals surface area (Å²) in [7, 11) is 0. The summed E-state index contributed by atoms with van der Waals surface area (Å²) in [6, 6.07) is -0.703. The zero-order chi connectivity index (χ0) is 47.4. The van der Waals surface area contributed by atoms with E-state index >= 15 is 0 Å². The number of amides is 1. The Kier molecular flexibility index (Phi) is 51.5. The summed E-state index contributed by atoms with van der Waals surface area (Å²) in [6.45, 7) is 6.48. The lowest BCUT2D eigenvalue weighted by atomic mass is 10.0. The Morgan fingerprint density at radius 1 is 0.446 bits per heavy atom. The van der Waals surface area contributed by atoms with Gasteiger partial charge in [-0.3, -0.25) is 9.59 Å². The number of carbonyl (C=O) groups is 2. The largest absolute Gasteiger partial charge is 0.462 e. The van der Waals surface area contributed by atoms with Gasteiger partial charge in [0.05, 0.1) is 25.2 Å². The maximum atomic E-state index is 13.3. The lowest BCUT2D eigenvalue weighted by molar-refractivity contribution is -0.151. The SMILES string of the molecule is CCCCC/C=C\C/C=C\CCCCCCCCCC(=O)OC(CCCCCCCCC/C=C/CCCCCCCC)CC(=O)NC(CO)C(O)CCCCCCCCCCCCCC. The summed E-state index contributed by atoms with van der Waals surface area (Å²) < 4.78 is 5.96. The van der Waals surface area contributed by atoms with E-state index in [0.717, 1.165) is 64.2 Å². The number of unbranched alkanes of at least 4 members (excludes halogenated alkanes) is 34. The van der Waals surface area contributed by atoms with Crippen molar-refractivity contribution >= 4 is 11.9 Å². The van der Waals surface area contributed by atoms with Crippen LogP contribution in [0, 0.1) is 0 Å². The van der Waals surface area contributed by atoms with Gasteiger partial charge in [0.25, 0.3) is 0 Å². The van der Waals surface area contributed by atoms with E-state index in [4.69, 9.17) is 4.74 Å². The van der Waals surface area contributed by atoms with Crippen molar-refractivity contribution < 1.29 is 24.5 Å². The maximum absolute atomic E-state index is 13.3. The van der Waals surface area contributed by atoms with Crippen molar-refractivity contribution in [3.8, 4) is 0 Å². The molecule has 3 atom stereocenters. The molecule has 0 saturated heterocycles. The molecule has 3 N–H and O–H groups in total. The minimum atomic E-state index is -0.789. The fourth-order valence-electron chi connectivity index (χ4n) is 8.81. The number of rotatable bonds is 52. The van der Waals surface area contributed by atoms with E-state index in [-0.39, 0.29) is 24.9 Å². The van der Waals surface area contributed by atoms with Crippen LogP contribution in [0.1, 0.15) is 303 Å². The van der Waals surface area contributed by atoms with Crippen molar-refractivity contribution in [2.24, 2.45) is 0 Å². The molecule has 0 fully saturated rings. The zero-order valence-corrected chi connectivity index (χ0v) is 43.6. The van der Waals surface area contributed by atoms with Crippen molar-refractivity contribution in [2.45, 2.75) is 322 Å². The van der Waals surface area contributed by atoms with Gasteiger partial charge in [-0.1, -0.05) is 243 Å². The highest BCUT2D eigenvalue weighted by atomic mass is 16.5. The fourth-order valence-corrected chi connectivity index (χ4v) is 8.81. The average molecular weight is 915 g/mol. The molecule has 1 amide bonds. The number of aliphatic hydroxyl groups is 2. The first-order valence-corrected chi connectivity index (χ1v) is 28.7. The molecule has 0 aromatic carbocycles. The van der Waals surface area contributed by atoms with E-state index in [9.17, 15) is 19.8 Å². The number of ether oxygens (including phenoxy) is 1. The van der Waals surface area contributed by atoms with Gasteiger partial charge in [-0.25, -0.2) is 0 Å². The summed E-state index contributed by atoms with van der Waals surface area (Å²) in [4.78, 5) is 26.3. The minimum absolute atomic E-state index is 0.0743. The molecule has 0 rings (SSSR count). The molecule has 0 aliphatic carbocycles. The Labute approximate surface area is 404 Å². The highest BCUT2D eigenvalue weighted by Gasteiger charge is 2.24. The topological polar surface area (TPSA) is 95.9 Å². The van der Waals surface area contributed by atoms with Crippen LogP contribution in [0.2, 0.25) is 0 Å². The van der Waals surface area contributed by atoms with Crippen LogP contribution in [-0.4, -0.2) is 46.9 Å². The first-order valence-electron chi connectivity index (χ1n) is 28.7. The molecule has 382 valence electrons. The van der Waals surface area contributed by atoms with Gasteiger partial charge in [0.2, 0.25) is 5.91 Å². The maximum Gasteiger partial charge on any atom is 0.306 e. The van der Waals surface area contributed by atoms with Gasteiger partial charge in [0.1, 0.15) is 6.10 Å². The van der Waals surface area contributed by atoms with Crippen LogP contribution in [0.25, 0.3) is 0 Å². The van der Waals surface area contributed by atoms with Crippen LogP contribution in [0.5, 0.6) is 0 Å². The molecule has 0 saturated carbocycles. The molecular weight excluding hydrogens is 803 g/mol. The van der Waals surface area contributed by atoms with Gasteiger partial charge in [-0.15, -0.1) is 0 Å². The molecule has 6 nitrogen and oxygen atoms in total. The lowest BCUT2D eigenvalue weighted by Crippen LogP contribution is -2.46. The molecule has 0 aliphatic heterocycles. The van der Waals surface area contributed by atoms with E-state index in [1.165, 1.54) is 193 Å². The first-order chi connectivity index (χ1) is 32.0. The minimum Gasteiger partial charge on any atom is -0.462 e. The number of esters is 1. The van der Waals surface area contributed by atoms with E-state index in [1.54, 1.807) is 0 Å². The number of hydrogen-bond acceptors (Lipinski definition) is 5. The number of allylic oxidation sites excluding steroid dienone is 6. The Bertz CT molecular complexity index is 1070. The Balaban J connectivity index is 4.57. The van der Waals surface area contributed by atoms with Crippen LogP contribution in [-0.2, 0) is 14.3 Å². The second-order valence-electron chi connectivity index (χ2n) is 19.7. The molecule has 65 heavy (non-hydrogen) atoms. The standard InChI is InChI=1S/C59H111NO5/c1-4-7-10-13-16-19-22-25-27-29-31-33-35-38-41-44-47-50-55(65-59(64)52-49-46-43-40-37-34-32-30-28-26-23-20-17-14-11-8-5-2)53-58(63)60-56(54-61)57(62)51-48-45-42-39-36-24-21-18-15-12-9-6-3/h17,20,25-28,55-57,61-62H,4-16,18-19,21-24,29-54H2,1-3H3,(H,60,63)/b20-17-,27-25+,28-26-. The summed E-state index contributed by atoms with van der Waals surface area (Å²) in [5, 5.41) is 23.8.